The molecule has 2 unspecified atom stereocenters. The van der Waals surface area contributed by atoms with Gasteiger partial charge in [-0.15, -0.1) is 0 Å². The van der Waals surface area contributed by atoms with Crippen LogP contribution in [0.25, 0.3) is 0 Å². The van der Waals surface area contributed by atoms with Crippen LogP contribution in [0.4, 0.5) is 0 Å². The molecule has 2 amide bonds. The van der Waals surface area contributed by atoms with Crippen LogP contribution in [-0.2, 0) is 23.1 Å². The van der Waals surface area contributed by atoms with E-state index in [1.807, 2.05) is 35.4 Å². The molecule has 0 N–H and O–H groups in total. The van der Waals surface area contributed by atoms with Gasteiger partial charge in [0.1, 0.15) is 0 Å². The van der Waals surface area contributed by atoms with Crippen molar-refractivity contribution in [1.82, 2.24) is 19.6 Å². The van der Waals surface area contributed by atoms with E-state index < -0.39 is 0 Å². The van der Waals surface area contributed by atoms with E-state index in [-0.39, 0.29) is 23.8 Å². The average Bonchev–Trinajstić information content (AvgIpc) is 2.77. The normalized spacial score (nSPS) is 23.3. The molecule has 1 aromatic heterocycles. The van der Waals surface area contributed by atoms with Crippen molar-refractivity contribution in [2.75, 3.05) is 19.6 Å². The van der Waals surface area contributed by atoms with Gasteiger partial charge in [0.25, 0.3) is 0 Å². The summed E-state index contributed by atoms with van der Waals surface area (Å²) in [6.07, 6.45) is 4.15. The Bertz CT molecular complexity index is 667. The Morgan fingerprint density at radius 1 is 1.24 bits per heavy atom. The Hall–Kier alpha value is -1.85. The van der Waals surface area contributed by atoms with Gasteiger partial charge in [0.05, 0.1) is 11.6 Å². The van der Waals surface area contributed by atoms with Crippen LogP contribution in [0.15, 0.2) is 0 Å². The number of carbonyl (C=O) groups is 2. The predicted octanol–water partition coefficient (Wildman–Crippen LogP) is 1.83. The van der Waals surface area contributed by atoms with E-state index >= 15 is 0 Å². The zero-order valence-electron chi connectivity index (χ0n) is 15.9. The first-order valence-corrected chi connectivity index (χ1v) is 9.49. The summed E-state index contributed by atoms with van der Waals surface area (Å²) < 4.78 is 1.88. The maximum absolute atomic E-state index is 12.8. The highest BCUT2D eigenvalue weighted by Gasteiger charge is 2.41. The van der Waals surface area contributed by atoms with E-state index in [4.69, 9.17) is 0 Å². The van der Waals surface area contributed by atoms with Crippen molar-refractivity contribution in [1.29, 1.82) is 0 Å². The third-order valence-electron chi connectivity index (χ3n) is 5.86. The Balaban J connectivity index is 1.66. The van der Waals surface area contributed by atoms with Gasteiger partial charge < -0.3 is 9.80 Å². The molecule has 6 heteroatoms. The number of piperidine rings is 1. The maximum atomic E-state index is 12.8. The smallest absolute Gasteiger partial charge is 0.227 e. The Morgan fingerprint density at radius 2 is 2.00 bits per heavy atom. The van der Waals surface area contributed by atoms with Gasteiger partial charge in [0.2, 0.25) is 11.8 Å². The summed E-state index contributed by atoms with van der Waals surface area (Å²) in [6.45, 7) is 8.27. The minimum absolute atomic E-state index is 0.00360. The van der Waals surface area contributed by atoms with Crippen molar-refractivity contribution in [2.24, 2.45) is 13.0 Å². The zero-order chi connectivity index (χ0) is 18.1. The highest BCUT2D eigenvalue weighted by Crippen LogP contribution is 2.29. The minimum atomic E-state index is -0.00360. The summed E-state index contributed by atoms with van der Waals surface area (Å²) in [4.78, 5) is 29.4. The molecule has 0 aromatic carbocycles. The second-order valence-electron chi connectivity index (χ2n) is 7.53. The molecule has 2 bridgehead atoms. The van der Waals surface area contributed by atoms with Crippen LogP contribution in [0.3, 0.4) is 0 Å². The van der Waals surface area contributed by atoms with Gasteiger partial charge in [-0.25, -0.2) is 0 Å². The van der Waals surface area contributed by atoms with Crippen molar-refractivity contribution < 1.29 is 9.59 Å². The van der Waals surface area contributed by atoms with E-state index in [2.05, 4.69) is 12.0 Å². The van der Waals surface area contributed by atoms with Crippen LogP contribution < -0.4 is 0 Å². The molecule has 0 aliphatic carbocycles. The molecule has 3 aliphatic rings. The maximum Gasteiger partial charge on any atom is 0.227 e. The van der Waals surface area contributed by atoms with E-state index in [9.17, 15) is 9.59 Å². The van der Waals surface area contributed by atoms with E-state index in [1.54, 1.807) is 0 Å². The van der Waals surface area contributed by atoms with Crippen LogP contribution in [0.1, 0.15) is 49.6 Å². The molecule has 1 aromatic rings. The van der Waals surface area contributed by atoms with Gasteiger partial charge in [0.15, 0.2) is 0 Å². The SMILES string of the molecule is CCCN1C(=O)C2CCC1CN(C(=O)CCc1c(C)nn(C)c1C)C2. The lowest BCUT2D eigenvalue weighted by atomic mass is 9.94. The summed E-state index contributed by atoms with van der Waals surface area (Å²) in [6, 6.07) is 0.206. The average molecular weight is 346 g/mol. The second-order valence-corrected chi connectivity index (χ2v) is 7.53. The van der Waals surface area contributed by atoms with Crippen molar-refractivity contribution in [3.63, 3.8) is 0 Å². The van der Waals surface area contributed by atoms with E-state index in [0.29, 0.717) is 19.5 Å². The minimum Gasteiger partial charge on any atom is -0.340 e. The quantitative estimate of drug-likeness (QED) is 0.817. The first kappa shape index (κ1) is 18.0. The molecule has 3 aliphatic heterocycles. The third-order valence-corrected chi connectivity index (χ3v) is 5.86. The monoisotopic (exact) mass is 346 g/mol. The number of carbonyl (C=O) groups excluding carboxylic acids is 2. The summed E-state index contributed by atoms with van der Waals surface area (Å²) in [5.74, 6) is 0.425. The summed E-state index contributed by atoms with van der Waals surface area (Å²) in [7, 11) is 1.94. The van der Waals surface area contributed by atoms with Crippen molar-refractivity contribution >= 4 is 11.8 Å². The fourth-order valence-electron chi connectivity index (χ4n) is 4.35. The lowest BCUT2D eigenvalue weighted by Crippen LogP contribution is -2.48. The Morgan fingerprint density at radius 3 is 2.64 bits per heavy atom. The number of aromatic nitrogens is 2. The molecule has 25 heavy (non-hydrogen) atoms. The molecule has 2 atom stereocenters. The summed E-state index contributed by atoms with van der Waals surface area (Å²) >= 11 is 0. The number of hydrogen-bond donors (Lipinski definition) is 0. The van der Waals surface area contributed by atoms with E-state index in [1.165, 1.54) is 5.56 Å². The predicted molar refractivity (Wildman–Crippen MR) is 96.1 cm³/mol. The lowest BCUT2D eigenvalue weighted by molar-refractivity contribution is -0.139. The van der Waals surface area contributed by atoms with Gasteiger partial charge >= 0.3 is 0 Å². The Kier molecular flexibility index (Phi) is 5.16. The molecule has 4 rings (SSSR count). The first-order valence-electron chi connectivity index (χ1n) is 9.49. The molecule has 0 spiro atoms. The molecule has 0 saturated carbocycles. The number of hydrogen-bond acceptors (Lipinski definition) is 3. The molecular formula is C19H30N4O2. The highest BCUT2D eigenvalue weighted by atomic mass is 16.2. The van der Waals surface area contributed by atoms with Gasteiger partial charge in [-0.3, -0.25) is 14.3 Å². The van der Waals surface area contributed by atoms with Gasteiger partial charge in [-0.05, 0) is 45.1 Å². The second kappa shape index (κ2) is 7.18. The zero-order valence-corrected chi connectivity index (χ0v) is 15.9. The topological polar surface area (TPSA) is 58.4 Å². The van der Waals surface area contributed by atoms with Crippen molar-refractivity contribution in [2.45, 2.75) is 58.9 Å². The number of rotatable bonds is 5. The van der Waals surface area contributed by atoms with Gasteiger partial charge in [0, 0.05) is 44.8 Å². The Labute approximate surface area is 150 Å². The van der Waals surface area contributed by atoms with Crippen LogP contribution >= 0.6 is 0 Å². The molecule has 138 valence electrons. The van der Waals surface area contributed by atoms with Crippen LogP contribution in [-0.4, -0.2) is 57.1 Å². The molecule has 0 radical (unpaired) electrons. The van der Waals surface area contributed by atoms with Crippen LogP contribution in [0.2, 0.25) is 0 Å². The number of nitrogens with zero attached hydrogens (tertiary/aromatic N) is 4. The third kappa shape index (κ3) is 3.44. The fraction of sp³-hybridized carbons (Fsp3) is 0.737. The largest absolute Gasteiger partial charge is 0.340 e. The van der Waals surface area contributed by atoms with Gasteiger partial charge in [-0.2, -0.15) is 5.10 Å². The number of aryl methyl sites for hydroxylation is 2. The summed E-state index contributed by atoms with van der Waals surface area (Å²) in [5, 5.41) is 4.43. The fourth-order valence-corrected chi connectivity index (χ4v) is 4.35. The van der Waals surface area contributed by atoms with Crippen molar-refractivity contribution in [3.05, 3.63) is 17.0 Å². The van der Waals surface area contributed by atoms with Gasteiger partial charge in [-0.1, -0.05) is 6.92 Å². The van der Waals surface area contributed by atoms with Crippen molar-refractivity contribution in [3.8, 4) is 0 Å². The molecule has 4 heterocycles. The molecule has 6 nitrogen and oxygen atoms in total. The van der Waals surface area contributed by atoms with Crippen LogP contribution in [0, 0.1) is 19.8 Å². The van der Waals surface area contributed by atoms with Crippen LogP contribution in [0.5, 0.6) is 0 Å². The summed E-state index contributed by atoms with van der Waals surface area (Å²) in [5.41, 5.74) is 3.32. The lowest BCUT2D eigenvalue weighted by Gasteiger charge is -2.35. The van der Waals surface area contributed by atoms with E-state index in [0.717, 1.165) is 43.6 Å². The highest BCUT2D eigenvalue weighted by molar-refractivity contribution is 5.83. The molecule has 3 fully saturated rings. The first-order chi connectivity index (χ1) is 11.9. The standard InChI is InChI=1S/C19H30N4O2/c1-5-10-23-16-7-6-15(19(23)25)11-22(12-16)18(24)9-8-17-13(2)20-21(4)14(17)3/h15-16H,5-12H2,1-4H3. The molecular weight excluding hydrogens is 316 g/mol. The molecule has 3 saturated heterocycles. The number of fused-ring (bicyclic) bond motifs is 4. The number of amides is 2.